The van der Waals surface area contributed by atoms with E-state index in [0.717, 1.165) is 32.8 Å². The second-order valence-electron chi connectivity index (χ2n) is 4.82. The Morgan fingerprint density at radius 2 is 2.06 bits per heavy atom. The molecule has 0 amide bonds. The van der Waals surface area contributed by atoms with Crippen LogP contribution in [0.15, 0.2) is 27.1 Å². The molecule has 0 spiro atoms. The molecule has 1 aromatic carbocycles. The van der Waals surface area contributed by atoms with Gasteiger partial charge in [0.25, 0.3) is 0 Å². The van der Waals surface area contributed by atoms with Gasteiger partial charge in [0, 0.05) is 20.3 Å². The van der Waals surface area contributed by atoms with Gasteiger partial charge in [-0.1, -0.05) is 6.07 Å². The zero-order valence-corrected chi connectivity index (χ0v) is 14.4. The molecule has 1 unspecified atom stereocenters. The molecular formula is C13H16Br2O2S. The van der Waals surface area contributed by atoms with Crippen molar-refractivity contribution in [3.8, 4) is 0 Å². The molecule has 1 saturated heterocycles. The van der Waals surface area contributed by atoms with Crippen LogP contribution in [-0.4, -0.2) is 28.8 Å². The van der Waals surface area contributed by atoms with Crippen LogP contribution in [0.5, 0.6) is 0 Å². The Bertz CT molecular complexity index is 468. The highest BCUT2D eigenvalue weighted by molar-refractivity contribution is 9.13. The van der Waals surface area contributed by atoms with E-state index in [4.69, 9.17) is 4.74 Å². The first kappa shape index (κ1) is 14.6. The predicted molar refractivity (Wildman–Crippen MR) is 84.9 cm³/mol. The van der Waals surface area contributed by atoms with Gasteiger partial charge in [-0.3, -0.25) is 4.79 Å². The van der Waals surface area contributed by atoms with Gasteiger partial charge in [0.1, 0.15) is 0 Å². The average molecular weight is 396 g/mol. The number of halogens is 2. The quantitative estimate of drug-likeness (QED) is 0.614. The Morgan fingerprint density at radius 3 is 2.61 bits per heavy atom. The Balaban J connectivity index is 2.26. The predicted octanol–water partition coefficient (Wildman–Crippen LogP) is 4.16. The minimum Gasteiger partial charge on any atom is -0.372 e. The summed E-state index contributed by atoms with van der Waals surface area (Å²) >= 11 is 6.87. The van der Waals surface area contributed by atoms with Crippen LogP contribution in [0.4, 0.5) is 0 Å². The Kier molecular flexibility index (Phi) is 4.57. The van der Waals surface area contributed by atoms with Gasteiger partial charge in [-0.2, -0.15) is 0 Å². The molecular weight excluding hydrogens is 380 g/mol. The van der Waals surface area contributed by atoms with E-state index in [0.29, 0.717) is 0 Å². The molecule has 1 atom stereocenters. The molecule has 5 heteroatoms. The summed E-state index contributed by atoms with van der Waals surface area (Å²) in [5.74, 6) is 2.00. The summed E-state index contributed by atoms with van der Waals surface area (Å²) in [6.45, 7) is 4.89. The number of thiol groups is 1. The standard InChI is InChI=1S/C13H16Br2O2S/c1-13(2,18-6-5-17-8-18)12(16)9-3-4-10(14)11(15)7-9/h3-4,7,18H,5-6,8H2,1-2H3. The highest BCUT2D eigenvalue weighted by Crippen LogP contribution is 2.45. The first-order valence-electron chi connectivity index (χ1n) is 5.75. The van der Waals surface area contributed by atoms with Gasteiger partial charge in [-0.05, 0) is 57.8 Å². The maximum Gasteiger partial charge on any atom is 0.176 e. The molecule has 100 valence electrons. The van der Waals surface area contributed by atoms with Crippen LogP contribution in [0.25, 0.3) is 0 Å². The number of Topliss-reactive ketones (excluding diaryl/α,β-unsaturated/α-hetero) is 1. The van der Waals surface area contributed by atoms with E-state index in [1.54, 1.807) is 0 Å². The van der Waals surface area contributed by atoms with Crippen molar-refractivity contribution in [3.05, 3.63) is 32.7 Å². The number of ether oxygens (including phenoxy) is 1. The van der Waals surface area contributed by atoms with Crippen molar-refractivity contribution in [2.75, 3.05) is 18.3 Å². The van der Waals surface area contributed by atoms with E-state index in [2.05, 4.69) is 31.9 Å². The second kappa shape index (κ2) is 5.65. The van der Waals surface area contributed by atoms with Crippen LogP contribution in [0.1, 0.15) is 24.2 Å². The summed E-state index contributed by atoms with van der Waals surface area (Å²) in [6, 6.07) is 5.68. The van der Waals surface area contributed by atoms with E-state index < -0.39 is 0 Å². The molecule has 1 aliphatic rings. The van der Waals surface area contributed by atoms with Crippen LogP contribution >= 0.6 is 42.8 Å². The smallest absolute Gasteiger partial charge is 0.176 e. The fourth-order valence-electron chi connectivity index (χ4n) is 1.99. The highest BCUT2D eigenvalue weighted by atomic mass is 79.9. The number of carbonyl (C=O) groups is 1. The van der Waals surface area contributed by atoms with E-state index in [9.17, 15) is 4.79 Å². The number of hydrogen-bond acceptors (Lipinski definition) is 2. The molecule has 0 aromatic heterocycles. The van der Waals surface area contributed by atoms with E-state index in [1.807, 2.05) is 32.0 Å². The first-order valence-corrected chi connectivity index (χ1v) is 9.05. The van der Waals surface area contributed by atoms with Crippen LogP contribution in [0.3, 0.4) is 0 Å². The lowest BCUT2D eigenvalue weighted by atomic mass is 10.0. The van der Waals surface area contributed by atoms with E-state index in [1.165, 1.54) is 0 Å². The summed E-state index contributed by atoms with van der Waals surface area (Å²) in [4.78, 5) is 12.6. The fourth-order valence-corrected chi connectivity index (χ4v) is 4.74. The monoisotopic (exact) mass is 394 g/mol. The number of rotatable bonds is 3. The summed E-state index contributed by atoms with van der Waals surface area (Å²) in [5.41, 5.74) is 0.768. The normalized spacial score (nSPS) is 22.1. The minimum absolute atomic E-state index is 0.215. The van der Waals surface area contributed by atoms with Crippen LogP contribution in [0.2, 0.25) is 0 Å². The summed E-state index contributed by atoms with van der Waals surface area (Å²) in [5, 5.41) is 0. The topological polar surface area (TPSA) is 26.3 Å². The van der Waals surface area contributed by atoms with E-state index in [-0.39, 0.29) is 21.4 Å². The lowest BCUT2D eigenvalue weighted by molar-refractivity contribution is 0.0956. The maximum absolute atomic E-state index is 12.6. The molecule has 0 aliphatic carbocycles. The van der Waals surface area contributed by atoms with Gasteiger partial charge in [0.2, 0.25) is 0 Å². The number of carbonyl (C=O) groups excluding carboxylic acids is 1. The molecule has 0 bridgehead atoms. The number of benzene rings is 1. The zero-order valence-electron chi connectivity index (χ0n) is 10.4. The molecule has 1 aliphatic heterocycles. The number of hydrogen-bond donors (Lipinski definition) is 1. The Labute approximate surface area is 127 Å². The fraction of sp³-hybridized carbons (Fsp3) is 0.462. The van der Waals surface area contributed by atoms with Gasteiger partial charge in [-0.25, -0.2) is 10.9 Å². The van der Waals surface area contributed by atoms with Gasteiger partial charge < -0.3 is 4.74 Å². The SMILES string of the molecule is CC(C)(C(=O)c1ccc(Br)c(Br)c1)[SH]1CCOC1. The minimum atomic E-state index is -0.367. The maximum atomic E-state index is 12.6. The molecule has 18 heavy (non-hydrogen) atoms. The molecule has 2 nitrogen and oxygen atoms in total. The van der Waals surface area contributed by atoms with Crippen LogP contribution in [-0.2, 0) is 4.74 Å². The molecule has 1 fully saturated rings. The molecule has 0 N–H and O–H groups in total. The van der Waals surface area contributed by atoms with Crippen molar-refractivity contribution in [2.45, 2.75) is 18.6 Å². The largest absolute Gasteiger partial charge is 0.372 e. The summed E-state index contributed by atoms with van der Waals surface area (Å²) in [7, 11) is -0.367. The molecule has 1 aromatic rings. The summed E-state index contributed by atoms with van der Waals surface area (Å²) < 4.78 is 7.01. The van der Waals surface area contributed by atoms with Crippen molar-refractivity contribution in [3.63, 3.8) is 0 Å². The van der Waals surface area contributed by atoms with Crippen molar-refractivity contribution in [1.82, 2.24) is 0 Å². The lowest BCUT2D eigenvalue weighted by Crippen LogP contribution is -2.32. The molecule has 0 radical (unpaired) electrons. The second-order valence-corrected chi connectivity index (χ2v) is 9.43. The highest BCUT2D eigenvalue weighted by Gasteiger charge is 2.36. The van der Waals surface area contributed by atoms with Crippen molar-refractivity contribution >= 4 is 48.5 Å². The Hall–Kier alpha value is 0.160. The van der Waals surface area contributed by atoms with Gasteiger partial charge in [0.15, 0.2) is 5.78 Å². The Morgan fingerprint density at radius 1 is 1.33 bits per heavy atom. The molecule has 2 rings (SSSR count). The third kappa shape index (κ3) is 2.84. The van der Waals surface area contributed by atoms with Crippen molar-refractivity contribution in [1.29, 1.82) is 0 Å². The van der Waals surface area contributed by atoms with Crippen LogP contribution in [0, 0.1) is 0 Å². The van der Waals surface area contributed by atoms with Gasteiger partial charge >= 0.3 is 0 Å². The zero-order chi connectivity index (χ0) is 13.3. The number of ketones is 1. The third-order valence-corrected chi connectivity index (χ3v) is 8.16. The van der Waals surface area contributed by atoms with Gasteiger partial charge in [-0.15, -0.1) is 0 Å². The van der Waals surface area contributed by atoms with Gasteiger partial charge in [0.05, 0.1) is 17.3 Å². The van der Waals surface area contributed by atoms with Crippen LogP contribution < -0.4 is 0 Å². The average Bonchev–Trinajstić information content (AvgIpc) is 2.86. The first-order chi connectivity index (χ1) is 8.43. The summed E-state index contributed by atoms with van der Waals surface area (Å²) in [6.07, 6.45) is 0. The molecule has 1 heterocycles. The van der Waals surface area contributed by atoms with Crippen molar-refractivity contribution in [2.24, 2.45) is 0 Å². The van der Waals surface area contributed by atoms with Crippen molar-refractivity contribution < 1.29 is 9.53 Å². The van der Waals surface area contributed by atoms with E-state index >= 15 is 0 Å². The molecule has 0 saturated carbocycles. The lowest BCUT2D eigenvalue weighted by Gasteiger charge is -2.32. The third-order valence-electron chi connectivity index (χ3n) is 3.28.